The first-order valence-corrected chi connectivity index (χ1v) is 7.42. The van der Waals surface area contributed by atoms with Crippen LogP contribution in [0.1, 0.15) is 15.4 Å². The summed E-state index contributed by atoms with van der Waals surface area (Å²) in [5, 5.41) is 1.00. The van der Waals surface area contributed by atoms with Crippen LogP contribution >= 0.6 is 11.3 Å². The summed E-state index contributed by atoms with van der Waals surface area (Å²) in [5.74, 6) is 0.537. The van der Waals surface area contributed by atoms with Crippen LogP contribution in [0.2, 0.25) is 0 Å². The number of fused-ring (bicyclic) bond motifs is 1. The monoisotopic (exact) mass is 302 g/mol. The van der Waals surface area contributed by atoms with E-state index in [4.69, 9.17) is 4.74 Å². The topological polar surface area (TPSA) is 48.2 Å². The fourth-order valence-electron chi connectivity index (χ4n) is 2.43. The predicted octanol–water partition coefficient (Wildman–Crippen LogP) is 1.72. The smallest absolute Gasteiger partial charge is 0.342 e. The van der Waals surface area contributed by atoms with Gasteiger partial charge in [0.05, 0.1) is 23.2 Å². The van der Waals surface area contributed by atoms with Crippen LogP contribution in [0.4, 0.5) is 0 Å². The maximum absolute atomic E-state index is 12.4. The molecule has 0 bridgehead atoms. The Hall–Kier alpha value is -2.21. The van der Waals surface area contributed by atoms with Crippen LogP contribution in [-0.4, -0.2) is 16.7 Å². The normalized spacial score (nSPS) is 11.0. The molecule has 6 heteroatoms. The van der Waals surface area contributed by atoms with E-state index in [1.165, 1.54) is 6.07 Å². The molecule has 0 aromatic carbocycles. The molecule has 5 nitrogen and oxygen atoms in total. The molecule has 0 fully saturated rings. The molecule has 3 aromatic rings. The van der Waals surface area contributed by atoms with Crippen molar-refractivity contribution in [1.82, 2.24) is 9.55 Å². The maximum atomic E-state index is 12.4. The zero-order chi connectivity index (χ0) is 15.0. The average Bonchev–Trinajstić information content (AvgIpc) is 2.87. The number of nitrogens with zero attached hydrogens (tertiary/aromatic N) is 3. The van der Waals surface area contributed by atoms with Gasteiger partial charge >= 0.3 is 5.56 Å². The Bertz CT molecular complexity index is 867. The number of pyridine rings is 1. The van der Waals surface area contributed by atoms with E-state index in [2.05, 4.69) is 4.98 Å². The van der Waals surface area contributed by atoms with Crippen molar-refractivity contribution >= 4 is 17.0 Å². The van der Waals surface area contributed by atoms with Gasteiger partial charge in [0.2, 0.25) is 0 Å². The van der Waals surface area contributed by atoms with Crippen LogP contribution in [0.5, 0.6) is 5.88 Å². The van der Waals surface area contributed by atoms with E-state index in [-0.39, 0.29) is 5.56 Å². The van der Waals surface area contributed by atoms with E-state index in [9.17, 15) is 4.79 Å². The minimum Gasteiger partial charge on any atom is -0.465 e. The second-order valence-corrected chi connectivity index (χ2v) is 6.16. The highest BCUT2D eigenvalue weighted by atomic mass is 32.1. The van der Waals surface area contributed by atoms with Gasteiger partial charge in [-0.2, -0.15) is 8.97 Å². The molecule has 3 rings (SSSR count). The van der Waals surface area contributed by atoms with Crippen LogP contribution < -0.4 is 14.7 Å². The molecule has 0 atom stereocenters. The molecule has 0 saturated heterocycles. The largest absolute Gasteiger partial charge is 0.465 e. The number of rotatable bonds is 3. The molecular weight excluding hydrogens is 286 g/mol. The van der Waals surface area contributed by atoms with Gasteiger partial charge in [0.25, 0.3) is 11.5 Å². The van der Waals surface area contributed by atoms with E-state index in [0.29, 0.717) is 12.4 Å². The summed E-state index contributed by atoms with van der Waals surface area (Å²) in [7, 11) is 1.57. The van der Waals surface area contributed by atoms with Crippen molar-refractivity contribution in [2.24, 2.45) is 0 Å². The van der Waals surface area contributed by atoms with Crippen LogP contribution in [0, 0.1) is 13.8 Å². The summed E-state index contributed by atoms with van der Waals surface area (Å²) in [4.78, 5) is 17.7. The minimum absolute atomic E-state index is 0.0767. The summed E-state index contributed by atoms with van der Waals surface area (Å²) in [6.45, 7) is 4.47. The Balaban J connectivity index is 2.26. The summed E-state index contributed by atoms with van der Waals surface area (Å²) in [6, 6.07) is 5.44. The molecule has 3 heterocycles. The molecule has 21 heavy (non-hydrogen) atoms. The van der Waals surface area contributed by atoms with Gasteiger partial charge in [0.15, 0.2) is 0 Å². The van der Waals surface area contributed by atoms with Crippen molar-refractivity contribution in [3.63, 3.8) is 0 Å². The van der Waals surface area contributed by atoms with Gasteiger partial charge in [-0.3, -0.25) is 0 Å². The Kier molecular flexibility index (Phi) is 3.47. The van der Waals surface area contributed by atoms with Gasteiger partial charge in [-0.1, -0.05) is 0 Å². The van der Waals surface area contributed by atoms with Crippen molar-refractivity contribution < 1.29 is 9.14 Å². The van der Waals surface area contributed by atoms with Gasteiger partial charge in [-0.25, -0.2) is 9.78 Å². The zero-order valence-electron chi connectivity index (χ0n) is 12.2. The van der Waals surface area contributed by atoms with Gasteiger partial charge in [0, 0.05) is 11.8 Å². The number of hydrogen-bond donors (Lipinski definition) is 0. The first kappa shape index (κ1) is 13.8. The molecule has 0 aliphatic heterocycles. The third-order valence-corrected chi connectivity index (χ3v) is 4.26. The van der Waals surface area contributed by atoms with Crippen molar-refractivity contribution in [2.75, 3.05) is 7.11 Å². The van der Waals surface area contributed by atoms with Crippen molar-refractivity contribution in [3.8, 4) is 5.88 Å². The van der Waals surface area contributed by atoms with Crippen LogP contribution in [-0.2, 0) is 6.54 Å². The lowest BCUT2D eigenvalue weighted by Crippen LogP contribution is -2.35. The van der Waals surface area contributed by atoms with E-state index in [1.807, 2.05) is 42.8 Å². The first-order chi connectivity index (χ1) is 10.1. The zero-order valence-corrected chi connectivity index (χ0v) is 13.0. The molecule has 0 aliphatic rings. The summed E-state index contributed by atoms with van der Waals surface area (Å²) in [5.41, 5.74) is 1.79. The van der Waals surface area contributed by atoms with Crippen molar-refractivity contribution in [1.29, 1.82) is 0 Å². The summed E-state index contributed by atoms with van der Waals surface area (Å²) < 4.78 is 8.96. The number of thiazole rings is 1. The molecule has 0 amide bonds. The van der Waals surface area contributed by atoms with Crippen molar-refractivity contribution in [3.05, 3.63) is 56.4 Å². The van der Waals surface area contributed by atoms with E-state index < -0.39 is 0 Å². The number of ether oxygens (including phenoxy) is 1. The van der Waals surface area contributed by atoms with Gasteiger partial charge in [-0.15, -0.1) is 11.3 Å². The second-order valence-electron chi connectivity index (χ2n) is 4.84. The molecule has 0 unspecified atom stereocenters. The highest BCUT2D eigenvalue weighted by molar-refractivity contribution is 7.11. The first-order valence-electron chi connectivity index (χ1n) is 6.60. The molecule has 3 aromatic heterocycles. The quantitative estimate of drug-likeness (QED) is 0.692. The third kappa shape index (κ3) is 2.42. The number of aromatic nitrogens is 3. The van der Waals surface area contributed by atoms with E-state index >= 15 is 0 Å². The van der Waals surface area contributed by atoms with Crippen LogP contribution in [0.15, 0.2) is 35.4 Å². The predicted molar refractivity (Wildman–Crippen MR) is 81.1 cm³/mol. The standard InChI is InChI=1S/C15H16N3O2S/c1-10-5-4-6-17-14(20-3)7-13(19)18(15(10)17)9-12-8-16-11(2)21-12/h4-8H,9H2,1-3H3/q+1. The number of aryl methyl sites for hydroxylation is 2. The van der Waals surface area contributed by atoms with Crippen molar-refractivity contribution in [2.45, 2.75) is 20.4 Å². The molecule has 0 radical (unpaired) electrons. The summed E-state index contributed by atoms with van der Waals surface area (Å²) in [6.07, 6.45) is 3.72. The Morgan fingerprint density at radius 3 is 2.90 bits per heavy atom. The highest BCUT2D eigenvalue weighted by Gasteiger charge is 2.19. The van der Waals surface area contributed by atoms with E-state index in [0.717, 1.165) is 21.1 Å². The molecule has 108 valence electrons. The Labute approximate surface area is 126 Å². The fraction of sp³-hybridized carbons (Fsp3) is 0.267. The maximum Gasteiger partial charge on any atom is 0.342 e. The van der Waals surface area contributed by atoms with E-state index in [1.54, 1.807) is 23.0 Å². The SMILES string of the molecule is COc1cc(=O)n(Cc2cnc(C)s2)c2c(C)ccc[n+]12. The lowest BCUT2D eigenvalue weighted by molar-refractivity contribution is -0.526. The molecular formula is C15H16N3O2S+. The minimum atomic E-state index is -0.0767. The van der Waals surface area contributed by atoms with Crippen LogP contribution in [0.25, 0.3) is 5.65 Å². The third-order valence-electron chi connectivity index (χ3n) is 3.36. The molecule has 0 saturated carbocycles. The Morgan fingerprint density at radius 2 is 2.24 bits per heavy atom. The Morgan fingerprint density at radius 1 is 1.43 bits per heavy atom. The second kappa shape index (κ2) is 5.29. The average molecular weight is 302 g/mol. The number of hydrogen-bond acceptors (Lipinski definition) is 4. The summed E-state index contributed by atoms with van der Waals surface area (Å²) >= 11 is 1.60. The number of methoxy groups -OCH3 is 1. The highest BCUT2D eigenvalue weighted by Crippen LogP contribution is 2.15. The van der Waals surface area contributed by atoms with Gasteiger partial charge in [0.1, 0.15) is 12.6 Å². The van der Waals surface area contributed by atoms with Gasteiger partial charge < -0.3 is 4.74 Å². The van der Waals surface area contributed by atoms with Crippen LogP contribution in [0.3, 0.4) is 0 Å². The van der Waals surface area contributed by atoms with Gasteiger partial charge in [-0.05, 0) is 26.0 Å². The lowest BCUT2D eigenvalue weighted by atomic mass is 10.3. The fourth-order valence-corrected chi connectivity index (χ4v) is 3.22. The lowest BCUT2D eigenvalue weighted by Gasteiger charge is -2.07. The molecule has 0 spiro atoms. The molecule has 0 N–H and O–H groups in total. The molecule has 0 aliphatic carbocycles.